The maximum Gasteiger partial charge on any atom is 0.134 e. The number of rotatable bonds is 4. The highest BCUT2D eigenvalue weighted by atomic mass is 15.0. The van der Waals surface area contributed by atoms with E-state index in [1.165, 1.54) is 0 Å². The van der Waals surface area contributed by atoms with Gasteiger partial charge in [-0.1, -0.05) is 13.8 Å². The minimum atomic E-state index is 0.284. The van der Waals surface area contributed by atoms with E-state index in [4.69, 9.17) is 5.41 Å². The Morgan fingerprint density at radius 3 is 2.93 bits per heavy atom. The van der Waals surface area contributed by atoms with Gasteiger partial charge in [0.05, 0.1) is 0 Å². The summed E-state index contributed by atoms with van der Waals surface area (Å²) in [6.07, 6.45) is 2.72. The van der Waals surface area contributed by atoms with Crippen LogP contribution in [0.3, 0.4) is 0 Å². The van der Waals surface area contributed by atoms with Crippen LogP contribution in [0.1, 0.15) is 25.8 Å². The van der Waals surface area contributed by atoms with Crippen molar-refractivity contribution in [3.63, 3.8) is 0 Å². The fraction of sp³-hybridized carbons (Fsp3) is 0.455. The number of hydrogen-bond acceptors (Lipinski definition) is 3. The van der Waals surface area contributed by atoms with Gasteiger partial charge in [-0.2, -0.15) is 0 Å². The van der Waals surface area contributed by atoms with Crippen molar-refractivity contribution >= 4 is 11.5 Å². The molecule has 1 unspecified atom stereocenters. The normalized spacial score (nSPS) is 12.2. The zero-order valence-corrected chi connectivity index (χ0v) is 8.96. The number of aromatic nitrogens is 1. The summed E-state index contributed by atoms with van der Waals surface area (Å²) in [4.78, 5) is 4.18. The highest BCUT2D eigenvalue weighted by Crippen LogP contribution is 2.17. The number of hydrogen-bond donors (Lipinski definition) is 2. The van der Waals surface area contributed by atoms with Gasteiger partial charge in [0, 0.05) is 24.5 Å². The van der Waals surface area contributed by atoms with E-state index in [9.17, 15) is 0 Å². The molecule has 0 aliphatic rings. The minimum absolute atomic E-state index is 0.284. The standard InChI is InChI=1S/C11H17N3/c1-4-8(2)10(12)9-6-5-7-14-11(9)13-3/h5-8,12H,4H2,1-3H3,(H,13,14). The van der Waals surface area contributed by atoms with Gasteiger partial charge in [0.2, 0.25) is 0 Å². The van der Waals surface area contributed by atoms with E-state index in [0.717, 1.165) is 17.8 Å². The molecule has 2 N–H and O–H groups in total. The van der Waals surface area contributed by atoms with Gasteiger partial charge >= 0.3 is 0 Å². The molecule has 0 aromatic carbocycles. The lowest BCUT2D eigenvalue weighted by atomic mass is 9.97. The van der Waals surface area contributed by atoms with Gasteiger partial charge in [0.15, 0.2) is 0 Å². The summed E-state index contributed by atoms with van der Waals surface area (Å²) in [5, 5.41) is 11.0. The van der Waals surface area contributed by atoms with E-state index in [0.29, 0.717) is 5.71 Å². The second-order valence-corrected chi connectivity index (χ2v) is 3.37. The molecule has 1 rings (SSSR count). The molecule has 14 heavy (non-hydrogen) atoms. The first-order chi connectivity index (χ1) is 6.70. The Morgan fingerprint density at radius 1 is 1.64 bits per heavy atom. The molecule has 1 heterocycles. The van der Waals surface area contributed by atoms with Gasteiger partial charge in [-0.15, -0.1) is 0 Å². The lowest BCUT2D eigenvalue weighted by molar-refractivity contribution is 0.736. The maximum absolute atomic E-state index is 8.00. The quantitative estimate of drug-likeness (QED) is 0.718. The lowest BCUT2D eigenvalue weighted by Gasteiger charge is -2.13. The van der Waals surface area contributed by atoms with Gasteiger partial charge in [0.1, 0.15) is 5.82 Å². The van der Waals surface area contributed by atoms with E-state index in [2.05, 4.69) is 24.1 Å². The van der Waals surface area contributed by atoms with Crippen molar-refractivity contribution in [2.24, 2.45) is 5.92 Å². The molecule has 76 valence electrons. The molecule has 1 atom stereocenters. The summed E-state index contributed by atoms with van der Waals surface area (Å²) < 4.78 is 0. The lowest BCUT2D eigenvalue weighted by Crippen LogP contribution is -2.13. The van der Waals surface area contributed by atoms with Crippen molar-refractivity contribution in [1.82, 2.24) is 4.98 Å². The van der Waals surface area contributed by atoms with Crippen LogP contribution in [0.25, 0.3) is 0 Å². The second kappa shape index (κ2) is 4.74. The Morgan fingerprint density at radius 2 is 2.36 bits per heavy atom. The van der Waals surface area contributed by atoms with Crippen LogP contribution in [0.4, 0.5) is 5.82 Å². The van der Waals surface area contributed by atoms with Crippen LogP contribution in [-0.2, 0) is 0 Å². The Labute approximate surface area is 85.1 Å². The Balaban J connectivity index is 3.00. The molecule has 1 aromatic rings. The first-order valence-corrected chi connectivity index (χ1v) is 4.92. The van der Waals surface area contributed by atoms with Crippen molar-refractivity contribution in [3.05, 3.63) is 23.9 Å². The van der Waals surface area contributed by atoms with Crippen molar-refractivity contribution < 1.29 is 0 Å². The predicted octanol–water partition coefficient (Wildman–Crippen LogP) is 2.54. The molecule has 3 nitrogen and oxygen atoms in total. The molecule has 3 heteroatoms. The number of anilines is 1. The zero-order valence-electron chi connectivity index (χ0n) is 8.96. The third kappa shape index (κ3) is 2.10. The summed E-state index contributed by atoms with van der Waals surface area (Å²) >= 11 is 0. The fourth-order valence-electron chi connectivity index (χ4n) is 1.29. The largest absolute Gasteiger partial charge is 0.373 e. The van der Waals surface area contributed by atoms with Gasteiger partial charge in [-0.25, -0.2) is 4.98 Å². The molecule has 0 fully saturated rings. The topological polar surface area (TPSA) is 48.8 Å². The van der Waals surface area contributed by atoms with Crippen molar-refractivity contribution in [3.8, 4) is 0 Å². The molecule has 0 spiro atoms. The SMILES string of the molecule is CCC(C)C(=N)c1cccnc1NC. The molecule has 0 aliphatic heterocycles. The van der Waals surface area contributed by atoms with Crippen molar-refractivity contribution in [1.29, 1.82) is 5.41 Å². The maximum atomic E-state index is 8.00. The Kier molecular flexibility index (Phi) is 3.63. The van der Waals surface area contributed by atoms with E-state index < -0.39 is 0 Å². The molecule has 0 aliphatic carbocycles. The van der Waals surface area contributed by atoms with Crippen molar-refractivity contribution in [2.75, 3.05) is 12.4 Å². The Hall–Kier alpha value is -1.38. The number of nitrogens with zero attached hydrogens (tertiary/aromatic N) is 1. The molecule has 0 saturated carbocycles. The molecule has 0 saturated heterocycles. The average Bonchev–Trinajstić information content (AvgIpc) is 2.26. The fourth-order valence-corrected chi connectivity index (χ4v) is 1.29. The van der Waals surface area contributed by atoms with Crippen LogP contribution in [-0.4, -0.2) is 17.7 Å². The summed E-state index contributed by atoms with van der Waals surface area (Å²) in [6.45, 7) is 4.16. The summed E-state index contributed by atoms with van der Waals surface area (Å²) in [5.74, 6) is 1.07. The third-order valence-corrected chi connectivity index (χ3v) is 2.44. The van der Waals surface area contributed by atoms with Gasteiger partial charge in [-0.05, 0) is 24.5 Å². The van der Waals surface area contributed by atoms with Gasteiger partial charge in [-0.3, -0.25) is 0 Å². The smallest absolute Gasteiger partial charge is 0.134 e. The van der Waals surface area contributed by atoms with Crippen LogP contribution in [0, 0.1) is 11.3 Å². The third-order valence-electron chi connectivity index (χ3n) is 2.44. The molecule has 0 amide bonds. The highest BCUT2D eigenvalue weighted by molar-refractivity contribution is 6.03. The van der Waals surface area contributed by atoms with Gasteiger partial charge < -0.3 is 10.7 Å². The predicted molar refractivity (Wildman–Crippen MR) is 60.1 cm³/mol. The van der Waals surface area contributed by atoms with Crippen molar-refractivity contribution in [2.45, 2.75) is 20.3 Å². The molecule has 1 aromatic heterocycles. The summed E-state index contributed by atoms with van der Waals surface area (Å²) in [7, 11) is 1.83. The number of pyridine rings is 1. The first-order valence-electron chi connectivity index (χ1n) is 4.92. The van der Waals surface area contributed by atoms with E-state index in [1.54, 1.807) is 6.20 Å². The monoisotopic (exact) mass is 191 g/mol. The molecule has 0 bridgehead atoms. The Bertz CT molecular complexity index is 320. The van der Waals surface area contributed by atoms with Crippen LogP contribution in [0.2, 0.25) is 0 Å². The van der Waals surface area contributed by atoms with E-state index >= 15 is 0 Å². The molecular weight excluding hydrogens is 174 g/mol. The average molecular weight is 191 g/mol. The molecule has 0 radical (unpaired) electrons. The number of nitrogens with one attached hydrogen (secondary N) is 2. The second-order valence-electron chi connectivity index (χ2n) is 3.37. The first kappa shape index (κ1) is 10.7. The van der Waals surface area contributed by atoms with Crippen LogP contribution >= 0.6 is 0 Å². The molecular formula is C11H17N3. The summed E-state index contributed by atoms with van der Waals surface area (Å²) in [5.41, 5.74) is 1.56. The van der Waals surface area contributed by atoms with E-state index in [1.807, 2.05) is 19.2 Å². The minimum Gasteiger partial charge on any atom is -0.373 e. The highest BCUT2D eigenvalue weighted by Gasteiger charge is 2.12. The zero-order chi connectivity index (χ0) is 10.6. The van der Waals surface area contributed by atoms with Gasteiger partial charge in [0.25, 0.3) is 0 Å². The van der Waals surface area contributed by atoms with Crippen LogP contribution < -0.4 is 5.32 Å². The van der Waals surface area contributed by atoms with Crippen LogP contribution in [0.15, 0.2) is 18.3 Å². The summed E-state index contributed by atoms with van der Waals surface area (Å²) in [6, 6.07) is 3.81. The van der Waals surface area contributed by atoms with Crippen LogP contribution in [0.5, 0.6) is 0 Å². The van der Waals surface area contributed by atoms with E-state index in [-0.39, 0.29) is 5.92 Å².